The minimum Gasteiger partial charge on any atom is -0.314 e. The molecule has 1 saturated carbocycles. The van der Waals surface area contributed by atoms with Crippen molar-refractivity contribution in [3.63, 3.8) is 0 Å². The van der Waals surface area contributed by atoms with Crippen molar-refractivity contribution < 1.29 is 0 Å². The third-order valence-corrected chi connectivity index (χ3v) is 5.04. The van der Waals surface area contributed by atoms with E-state index >= 15 is 0 Å². The van der Waals surface area contributed by atoms with E-state index in [1.54, 1.807) is 0 Å². The second-order valence-corrected chi connectivity index (χ2v) is 7.10. The minimum absolute atomic E-state index is 0.681. The Morgan fingerprint density at radius 2 is 1.90 bits per heavy atom. The van der Waals surface area contributed by atoms with Gasteiger partial charge in [-0.1, -0.05) is 32.6 Å². The molecule has 0 aliphatic heterocycles. The van der Waals surface area contributed by atoms with Gasteiger partial charge in [0.15, 0.2) is 0 Å². The first-order valence-electron chi connectivity index (χ1n) is 9.07. The second kappa shape index (κ2) is 10.6. The van der Waals surface area contributed by atoms with Crippen LogP contribution in [0.15, 0.2) is 0 Å². The van der Waals surface area contributed by atoms with Crippen molar-refractivity contribution in [1.82, 2.24) is 10.2 Å². The molecule has 0 saturated heterocycles. The van der Waals surface area contributed by atoms with Gasteiger partial charge >= 0.3 is 0 Å². The van der Waals surface area contributed by atoms with Crippen LogP contribution in [0.1, 0.15) is 78.6 Å². The van der Waals surface area contributed by atoms with Gasteiger partial charge in [-0.05, 0) is 72.0 Å². The van der Waals surface area contributed by atoms with Crippen molar-refractivity contribution in [3.8, 4) is 0 Å². The minimum atomic E-state index is 0.681. The summed E-state index contributed by atoms with van der Waals surface area (Å²) in [6, 6.07) is 1.49. The largest absolute Gasteiger partial charge is 0.314 e. The van der Waals surface area contributed by atoms with Gasteiger partial charge in [-0.25, -0.2) is 0 Å². The van der Waals surface area contributed by atoms with E-state index in [0.717, 1.165) is 12.0 Å². The second-order valence-electron chi connectivity index (χ2n) is 7.10. The van der Waals surface area contributed by atoms with Crippen LogP contribution in [-0.4, -0.2) is 37.1 Å². The number of hydrogen-bond donors (Lipinski definition) is 1. The molecule has 0 aromatic heterocycles. The van der Waals surface area contributed by atoms with E-state index in [-0.39, 0.29) is 0 Å². The molecule has 120 valence electrons. The average Bonchev–Trinajstić information content (AvgIpc) is 2.64. The highest BCUT2D eigenvalue weighted by Gasteiger charge is 2.17. The third kappa shape index (κ3) is 7.64. The molecule has 1 aliphatic carbocycles. The lowest BCUT2D eigenvalue weighted by Crippen LogP contribution is -2.31. The van der Waals surface area contributed by atoms with Crippen LogP contribution in [0.25, 0.3) is 0 Å². The smallest absolute Gasteiger partial charge is 0.00671 e. The number of nitrogens with one attached hydrogen (secondary N) is 1. The van der Waals surface area contributed by atoms with Gasteiger partial charge < -0.3 is 10.2 Å². The van der Waals surface area contributed by atoms with Crippen molar-refractivity contribution >= 4 is 0 Å². The molecule has 0 radical (unpaired) electrons. The lowest BCUT2D eigenvalue weighted by Gasteiger charge is -2.21. The van der Waals surface area contributed by atoms with Crippen LogP contribution >= 0.6 is 0 Å². The third-order valence-electron chi connectivity index (χ3n) is 5.04. The zero-order valence-corrected chi connectivity index (χ0v) is 14.5. The Bertz CT molecular complexity index is 227. The van der Waals surface area contributed by atoms with Crippen molar-refractivity contribution in [2.24, 2.45) is 5.92 Å². The molecule has 2 atom stereocenters. The number of nitrogens with zero attached hydrogens (tertiary/aromatic N) is 1. The SMILES string of the molecule is CCCC1CCCC(NCCCCN(C)C(C)C)CC1. The summed E-state index contributed by atoms with van der Waals surface area (Å²) in [6.45, 7) is 9.33. The summed E-state index contributed by atoms with van der Waals surface area (Å²) >= 11 is 0. The Balaban J connectivity index is 2.04. The Kier molecular flexibility index (Phi) is 9.54. The first kappa shape index (κ1) is 18.0. The summed E-state index contributed by atoms with van der Waals surface area (Å²) < 4.78 is 0. The van der Waals surface area contributed by atoms with E-state index < -0.39 is 0 Å². The fourth-order valence-corrected chi connectivity index (χ4v) is 3.33. The van der Waals surface area contributed by atoms with Crippen LogP contribution in [-0.2, 0) is 0 Å². The van der Waals surface area contributed by atoms with E-state index in [2.05, 4.69) is 38.0 Å². The highest BCUT2D eigenvalue weighted by Crippen LogP contribution is 2.26. The number of hydrogen-bond acceptors (Lipinski definition) is 2. The van der Waals surface area contributed by atoms with Crippen LogP contribution in [0, 0.1) is 5.92 Å². The first-order chi connectivity index (χ1) is 9.63. The molecule has 0 aromatic carbocycles. The molecule has 20 heavy (non-hydrogen) atoms. The molecular weight excluding hydrogens is 244 g/mol. The van der Waals surface area contributed by atoms with Crippen molar-refractivity contribution in [1.29, 1.82) is 0 Å². The molecule has 0 spiro atoms. The molecule has 0 bridgehead atoms. The standard InChI is InChI=1S/C18H38N2/c1-5-9-17-10-8-11-18(13-12-17)19-14-6-7-15-20(4)16(2)3/h16-19H,5-15H2,1-4H3. The molecule has 1 rings (SSSR count). The van der Waals surface area contributed by atoms with Crippen LogP contribution in [0.2, 0.25) is 0 Å². The van der Waals surface area contributed by atoms with Gasteiger partial charge in [0.1, 0.15) is 0 Å². The normalized spacial score (nSPS) is 24.3. The van der Waals surface area contributed by atoms with Crippen LogP contribution in [0.3, 0.4) is 0 Å². The number of rotatable bonds is 9. The molecule has 0 amide bonds. The first-order valence-corrected chi connectivity index (χ1v) is 9.07. The number of unbranched alkanes of at least 4 members (excludes halogenated alkanes) is 1. The van der Waals surface area contributed by atoms with Gasteiger partial charge in [0, 0.05) is 12.1 Å². The van der Waals surface area contributed by atoms with Crippen LogP contribution in [0.5, 0.6) is 0 Å². The van der Waals surface area contributed by atoms with Gasteiger partial charge in [-0.3, -0.25) is 0 Å². The highest BCUT2D eigenvalue weighted by molar-refractivity contribution is 4.75. The van der Waals surface area contributed by atoms with E-state index in [4.69, 9.17) is 0 Å². The Morgan fingerprint density at radius 3 is 2.60 bits per heavy atom. The van der Waals surface area contributed by atoms with Gasteiger partial charge in [-0.15, -0.1) is 0 Å². The topological polar surface area (TPSA) is 15.3 Å². The van der Waals surface area contributed by atoms with E-state index in [1.807, 2.05) is 0 Å². The fourth-order valence-electron chi connectivity index (χ4n) is 3.33. The maximum atomic E-state index is 3.81. The molecule has 1 aliphatic rings. The lowest BCUT2D eigenvalue weighted by atomic mass is 9.95. The lowest BCUT2D eigenvalue weighted by molar-refractivity contribution is 0.267. The van der Waals surface area contributed by atoms with Gasteiger partial charge in [0.2, 0.25) is 0 Å². The molecule has 2 unspecified atom stereocenters. The summed E-state index contributed by atoms with van der Waals surface area (Å²) in [5.74, 6) is 1.02. The van der Waals surface area contributed by atoms with Gasteiger partial charge in [-0.2, -0.15) is 0 Å². The zero-order chi connectivity index (χ0) is 14.8. The predicted molar refractivity (Wildman–Crippen MR) is 90.3 cm³/mol. The predicted octanol–water partition coefficient (Wildman–Crippen LogP) is 4.45. The van der Waals surface area contributed by atoms with Crippen molar-refractivity contribution in [2.45, 2.75) is 90.6 Å². The summed E-state index contributed by atoms with van der Waals surface area (Å²) in [7, 11) is 2.23. The highest BCUT2D eigenvalue weighted by atomic mass is 15.1. The molecule has 0 aromatic rings. The Hall–Kier alpha value is -0.0800. The van der Waals surface area contributed by atoms with Gasteiger partial charge in [0.05, 0.1) is 0 Å². The van der Waals surface area contributed by atoms with Crippen molar-refractivity contribution in [3.05, 3.63) is 0 Å². The molecule has 1 fully saturated rings. The monoisotopic (exact) mass is 282 g/mol. The molecule has 2 heteroatoms. The summed E-state index contributed by atoms with van der Waals surface area (Å²) in [5.41, 5.74) is 0. The molecule has 2 nitrogen and oxygen atoms in total. The quantitative estimate of drug-likeness (QED) is 0.496. The summed E-state index contributed by atoms with van der Waals surface area (Å²) in [6.07, 6.45) is 12.7. The van der Waals surface area contributed by atoms with E-state index in [0.29, 0.717) is 6.04 Å². The maximum absolute atomic E-state index is 3.81. The van der Waals surface area contributed by atoms with Crippen molar-refractivity contribution in [2.75, 3.05) is 20.1 Å². The molecule has 1 N–H and O–H groups in total. The molecular formula is C18H38N2. The zero-order valence-electron chi connectivity index (χ0n) is 14.5. The molecule has 0 heterocycles. The van der Waals surface area contributed by atoms with E-state index in [1.165, 1.54) is 70.9 Å². The maximum Gasteiger partial charge on any atom is 0.00671 e. The van der Waals surface area contributed by atoms with Crippen LogP contribution in [0.4, 0.5) is 0 Å². The Morgan fingerprint density at radius 1 is 1.10 bits per heavy atom. The average molecular weight is 283 g/mol. The Labute approximate surface area is 127 Å². The fraction of sp³-hybridized carbons (Fsp3) is 1.00. The summed E-state index contributed by atoms with van der Waals surface area (Å²) in [5, 5.41) is 3.81. The summed E-state index contributed by atoms with van der Waals surface area (Å²) in [4.78, 5) is 2.45. The van der Waals surface area contributed by atoms with Gasteiger partial charge in [0.25, 0.3) is 0 Å². The van der Waals surface area contributed by atoms with Crippen LogP contribution < -0.4 is 5.32 Å². The van der Waals surface area contributed by atoms with E-state index in [9.17, 15) is 0 Å².